The van der Waals surface area contributed by atoms with E-state index < -0.39 is 0 Å². The summed E-state index contributed by atoms with van der Waals surface area (Å²) in [6.45, 7) is 3.31. The van der Waals surface area contributed by atoms with E-state index in [-0.39, 0.29) is 11.9 Å². The molecular weight excluding hydrogens is 221 g/mol. The fraction of sp³-hybridized carbons (Fsp3) is 0.538. The lowest BCUT2D eigenvalue weighted by Gasteiger charge is -2.16. The normalized spacial score (nSPS) is 23.9. The Morgan fingerprint density at radius 2 is 2.35 bits per heavy atom. The van der Waals surface area contributed by atoms with Gasteiger partial charge in [-0.05, 0) is 19.4 Å². The van der Waals surface area contributed by atoms with Crippen molar-refractivity contribution < 1.29 is 13.9 Å². The van der Waals surface area contributed by atoms with Gasteiger partial charge in [-0.1, -0.05) is 12.1 Å². The van der Waals surface area contributed by atoms with Gasteiger partial charge in [0.25, 0.3) is 0 Å². The standard InChI is InChI=1S/C13H18FNO2/c1-9-11(6-7-17-9)15-8-10-4-3-5-12(16-2)13(10)14/h3-5,9,11,15H,6-8H2,1-2H3. The number of methoxy groups -OCH3 is 1. The van der Waals surface area contributed by atoms with Crippen molar-refractivity contribution in [2.45, 2.75) is 32.0 Å². The molecule has 94 valence electrons. The van der Waals surface area contributed by atoms with Crippen LogP contribution in [-0.2, 0) is 11.3 Å². The molecule has 0 amide bonds. The Labute approximate surface area is 101 Å². The van der Waals surface area contributed by atoms with E-state index in [2.05, 4.69) is 5.32 Å². The van der Waals surface area contributed by atoms with Crippen molar-refractivity contribution in [2.75, 3.05) is 13.7 Å². The molecule has 0 aliphatic carbocycles. The van der Waals surface area contributed by atoms with Crippen LogP contribution in [-0.4, -0.2) is 25.9 Å². The maximum Gasteiger partial charge on any atom is 0.169 e. The number of nitrogens with one attached hydrogen (secondary N) is 1. The Bertz CT molecular complexity index is 384. The van der Waals surface area contributed by atoms with Crippen LogP contribution in [0.15, 0.2) is 18.2 Å². The highest BCUT2D eigenvalue weighted by atomic mass is 19.1. The largest absolute Gasteiger partial charge is 0.494 e. The van der Waals surface area contributed by atoms with E-state index >= 15 is 0 Å². The van der Waals surface area contributed by atoms with Crippen LogP contribution in [0.25, 0.3) is 0 Å². The maximum absolute atomic E-state index is 13.8. The van der Waals surface area contributed by atoms with Gasteiger partial charge in [0.1, 0.15) is 0 Å². The molecule has 2 atom stereocenters. The monoisotopic (exact) mass is 239 g/mol. The van der Waals surface area contributed by atoms with Crippen molar-refractivity contribution in [1.82, 2.24) is 5.32 Å². The molecule has 0 spiro atoms. The summed E-state index contributed by atoms with van der Waals surface area (Å²) in [4.78, 5) is 0. The average molecular weight is 239 g/mol. The van der Waals surface area contributed by atoms with E-state index in [0.717, 1.165) is 13.0 Å². The summed E-state index contributed by atoms with van der Waals surface area (Å²) in [5, 5.41) is 3.32. The van der Waals surface area contributed by atoms with Crippen LogP contribution >= 0.6 is 0 Å². The van der Waals surface area contributed by atoms with Crippen LogP contribution in [0.3, 0.4) is 0 Å². The fourth-order valence-electron chi connectivity index (χ4n) is 2.09. The summed E-state index contributed by atoms with van der Waals surface area (Å²) in [5.41, 5.74) is 0.628. The van der Waals surface area contributed by atoms with Gasteiger partial charge in [-0.15, -0.1) is 0 Å². The van der Waals surface area contributed by atoms with E-state index in [1.54, 1.807) is 18.2 Å². The molecule has 4 heteroatoms. The zero-order valence-corrected chi connectivity index (χ0v) is 10.2. The van der Waals surface area contributed by atoms with Gasteiger partial charge in [0.2, 0.25) is 0 Å². The van der Waals surface area contributed by atoms with Gasteiger partial charge in [-0.3, -0.25) is 0 Å². The van der Waals surface area contributed by atoms with Gasteiger partial charge in [0.05, 0.1) is 13.2 Å². The lowest BCUT2D eigenvalue weighted by atomic mass is 10.1. The SMILES string of the molecule is COc1cccc(CNC2CCOC2C)c1F. The van der Waals surface area contributed by atoms with Crippen molar-refractivity contribution >= 4 is 0 Å². The van der Waals surface area contributed by atoms with E-state index in [0.29, 0.717) is 23.9 Å². The smallest absolute Gasteiger partial charge is 0.169 e. The molecule has 1 aromatic carbocycles. The Morgan fingerprint density at radius 3 is 3.00 bits per heavy atom. The summed E-state index contributed by atoms with van der Waals surface area (Å²) in [6, 6.07) is 5.50. The van der Waals surface area contributed by atoms with Gasteiger partial charge in [-0.25, -0.2) is 4.39 Å². The average Bonchev–Trinajstić information content (AvgIpc) is 2.74. The lowest BCUT2D eigenvalue weighted by Crippen LogP contribution is -2.34. The van der Waals surface area contributed by atoms with Crippen LogP contribution in [0.1, 0.15) is 18.9 Å². The van der Waals surface area contributed by atoms with Gasteiger partial charge in [0, 0.05) is 24.8 Å². The third-order valence-corrected chi connectivity index (χ3v) is 3.19. The first kappa shape index (κ1) is 12.3. The third kappa shape index (κ3) is 2.76. The topological polar surface area (TPSA) is 30.5 Å². The number of benzene rings is 1. The van der Waals surface area contributed by atoms with Crippen molar-refractivity contribution in [3.63, 3.8) is 0 Å². The molecule has 0 radical (unpaired) electrons. The van der Waals surface area contributed by atoms with Crippen LogP contribution in [0.4, 0.5) is 4.39 Å². The van der Waals surface area contributed by atoms with Gasteiger partial charge in [0.15, 0.2) is 11.6 Å². The number of halogens is 1. The Morgan fingerprint density at radius 1 is 1.53 bits per heavy atom. The fourth-order valence-corrected chi connectivity index (χ4v) is 2.09. The quantitative estimate of drug-likeness (QED) is 0.872. The molecule has 1 aromatic rings. The third-order valence-electron chi connectivity index (χ3n) is 3.19. The number of hydrogen-bond donors (Lipinski definition) is 1. The molecule has 1 saturated heterocycles. The summed E-state index contributed by atoms with van der Waals surface area (Å²) >= 11 is 0. The van der Waals surface area contributed by atoms with Crippen LogP contribution in [0.5, 0.6) is 5.75 Å². The first-order chi connectivity index (χ1) is 8.22. The second kappa shape index (κ2) is 5.47. The van der Waals surface area contributed by atoms with Gasteiger partial charge in [-0.2, -0.15) is 0 Å². The molecule has 1 N–H and O–H groups in total. The van der Waals surface area contributed by atoms with Gasteiger partial charge < -0.3 is 14.8 Å². The minimum atomic E-state index is -0.283. The molecular formula is C13H18FNO2. The minimum absolute atomic E-state index is 0.198. The molecule has 1 heterocycles. The van der Waals surface area contributed by atoms with E-state index in [9.17, 15) is 4.39 Å². The van der Waals surface area contributed by atoms with Crippen molar-refractivity contribution in [3.05, 3.63) is 29.6 Å². The zero-order valence-electron chi connectivity index (χ0n) is 10.2. The number of ether oxygens (including phenoxy) is 2. The molecule has 17 heavy (non-hydrogen) atoms. The van der Waals surface area contributed by atoms with Crippen molar-refractivity contribution in [3.8, 4) is 5.75 Å². The Hall–Kier alpha value is -1.13. The molecule has 1 fully saturated rings. The summed E-state index contributed by atoms with van der Waals surface area (Å²) in [6.07, 6.45) is 1.18. The number of rotatable bonds is 4. The van der Waals surface area contributed by atoms with E-state index in [4.69, 9.17) is 9.47 Å². The molecule has 0 bridgehead atoms. The second-order valence-corrected chi connectivity index (χ2v) is 4.29. The summed E-state index contributed by atoms with van der Waals surface area (Å²) in [5.74, 6) is 0.00842. The minimum Gasteiger partial charge on any atom is -0.494 e. The summed E-state index contributed by atoms with van der Waals surface area (Å²) < 4.78 is 24.2. The van der Waals surface area contributed by atoms with Crippen molar-refractivity contribution in [1.29, 1.82) is 0 Å². The van der Waals surface area contributed by atoms with Crippen LogP contribution in [0.2, 0.25) is 0 Å². The second-order valence-electron chi connectivity index (χ2n) is 4.29. The van der Waals surface area contributed by atoms with Gasteiger partial charge >= 0.3 is 0 Å². The van der Waals surface area contributed by atoms with Crippen molar-refractivity contribution in [2.24, 2.45) is 0 Å². The zero-order chi connectivity index (χ0) is 12.3. The maximum atomic E-state index is 13.8. The predicted octanol–water partition coefficient (Wildman–Crippen LogP) is 2.10. The molecule has 0 aromatic heterocycles. The van der Waals surface area contributed by atoms with E-state index in [1.165, 1.54) is 7.11 Å². The number of hydrogen-bond acceptors (Lipinski definition) is 3. The first-order valence-corrected chi connectivity index (χ1v) is 5.88. The molecule has 1 aliphatic rings. The van der Waals surface area contributed by atoms with Crippen LogP contribution in [0, 0.1) is 5.82 Å². The molecule has 3 nitrogen and oxygen atoms in total. The van der Waals surface area contributed by atoms with E-state index in [1.807, 2.05) is 6.92 Å². The molecule has 1 aliphatic heterocycles. The predicted molar refractivity (Wildman–Crippen MR) is 63.6 cm³/mol. The summed E-state index contributed by atoms with van der Waals surface area (Å²) in [7, 11) is 1.47. The first-order valence-electron chi connectivity index (χ1n) is 5.88. The molecule has 2 unspecified atom stereocenters. The van der Waals surface area contributed by atoms with Crippen LogP contribution < -0.4 is 10.1 Å². The highest BCUT2D eigenvalue weighted by molar-refractivity contribution is 5.30. The molecule has 0 saturated carbocycles. The Kier molecular flexibility index (Phi) is 3.97. The lowest BCUT2D eigenvalue weighted by molar-refractivity contribution is 0.113. The molecule has 2 rings (SSSR count). The highest BCUT2D eigenvalue weighted by Crippen LogP contribution is 2.20. The highest BCUT2D eigenvalue weighted by Gasteiger charge is 2.23. The Balaban J connectivity index is 1.99.